The minimum absolute atomic E-state index is 0.410. The molecule has 0 saturated heterocycles. The summed E-state index contributed by atoms with van der Waals surface area (Å²) in [5, 5.41) is 11.7. The molecule has 1 N–H and O–H groups in total. The van der Waals surface area contributed by atoms with Gasteiger partial charge in [-0.05, 0) is 12.8 Å². The van der Waals surface area contributed by atoms with E-state index < -0.39 is 42.6 Å². The van der Waals surface area contributed by atoms with E-state index in [9.17, 15) is 32.7 Å². The lowest BCUT2D eigenvalue weighted by Gasteiger charge is -2.22. The van der Waals surface area contributed by atoms with Crippen LogP contribution < -0.4 is 10.4 Å². The number of carboxylic acids is 1. The van der Waals surface area contributed by atoms with E-state index in [2.05, 4.69) is 0 Å². The van der Waals surface area contributed by atoms with E-state index in [0.29, 0.717) is 12.8 Å². The third-order valence-electron chi connectivity index (χ3n) is 2.41. The smallest absolute Gasteiger partial charge is 0.471 e. The maximum absolute atomic E-state index is 12.1. The lowest BCUT2D eigenvalue weighted by Crippen LogP contribution is -2.50. The number of carbonyl (C=O) groups excluding carboxylic acids is 3. The number of hydrogen-bond donors (Lipinski definition) is 1. The van der Waals surface area contributed by atoms with Gasteiger partial charge in [0.05, 0.1) is 0 Å². The molecule has 116 valence electrons. The Labute approximate surface area is 113 Å². The molecule has 9 heteroatoms. The molecule has 1 amide bonds. The van der Waals surface area contributed by atoms with E-state index in [1.54, 1.807) is 13.8 Å². The van der Waals surface area contributed by atoms with Crippen LogP contribution >= 0.6 is 0 Å². The Kier molecular flexibility index (Phi) is 7.01. The molecule has 0 aromatic heterocycles. The Balaban J connectivity index is 4.83. The minimum atomic E-state index is -5.22. The Morgan fingerprint density at radius 3 is 2.05 bits per heavy atom. The molecule has 0 aromatic carbocycles. The van der Waals surface area contributed by atoms with E-state index in [1.165, 1.54) is 5.32 Å². The number of rotatable bonds is 7. The van der Waals surface area contributed by atoms with Crippen molar-refractivity contribution < 1.29 is 37.4 Å². The topological polar surface area (TPSA) is 95.5 Å². The van der Waals surface area contributed by atoms with Gasteiger partial charge in [0.15, 0.2) is 0 Å². The summed E-state index contributed by atoms with van der Waals surface area (Å²) < 4.78 is 41.0. The Morgan fingerprint density at radius 1 is 1.20 bits per heavy atom. The first-order valence-electron chi connectivity index (χ1n) is 5.89. The number of aliphatic carboxylic acids is 1. The number of esters is 1. The van der Waals surface area contributed by atoms with Crippen molar-refractivity contribution in [3.05, 3.63) is 0 Å². The van der Waals surface area contributed by atoms with Crippen molar-refractivity contribution in [3.8, 4) is 0 Å². The van der Waals surface area contributed by atoms with Crippen molar-refractivity contribution in [1.29, 1.82) is 0 Å². The van der Waals surface area contributed by atoms with Crippen LogP contribution in [0, 0.1) is 0 Å². The van der Waals surface area contributed by atoms with Gasteiger partial charge in [0.25, 0.3) is 0 Å². The largest absolute Gasteiger partial charge is 0.550 e. The third kappa shape index (κ3) is 6.39. The molecule has 1 atom stereocenters. The normalized spacial score (nSPS) is 12.9. The van der Waals surface area contributed by atoms with Crippen molar-refractivity contribution in [2.75, 3.05) is 0 Å². The van der Waals surface area contributed by atoms with Crippen LogP contribution in [0.2, 0.25) is 0 Å². The van der Waals surface area contributed by atoms with Crippen molar-refractivity contribution in [2.45, 2.75) is 51.4 Å². The first kappa shape index (κ1) is 18.2. The molecule has 0 aliphatic rings. The van der Waals surface area contributed by atoms with E-state index in [4.69, 9.17) is 4.74 Å². The van der Waals surface area contributed by atoms with E-state index >= 15 is 0 Å². The Bertz CT molecular complexity index is 366. The van der Waals surface area contributed by atoms with Crippen LogP contribution in [0.15, 0.2) is 0 Å². The highest BCUT2D eigenvalue weighted by Crippen LogP contribution is 2.15. The number of carboxylic acid groups (broad SMARTS) is 1. The van der Waals surface area contributed by atoms with Crippen molar-refractivity contribution in [2.24, 2.45) is 0 Å². The lowest BCUT2D eigenvalue weighted by atomic mass is 10.2. The molecular formula is C11H15F3NO5-. The maximum Gasteiger partial charge on any atom is 0.471 e. The van der Waals surface area contributed by atoms with Gasteiger partial charge < -0.3 is 20.0 Å². The van der Waals surface area contributed by atoms with Gasteiger partial charge in [-0.15, -0.1) is 0 Å². The van der Waals surface area contributed by atoms with Crippen LogP contribution in [-0.2, 0) is 19.1 Å². The molecule has 0 rings (SSSR count). The molecule has 20 heavy (non-hydrogen) atoms. The molecule has 0 radical (unpaired) electrons. The Morgan fingerprint density at radius 2 is 1.70 bits per heavy atom. The summed E-state index contributed by atoms with van der Waals surface area (Å²) in [5.41, 5.74) is 0. The van der Waals surface area contributed by atoms with Gasteiger partial charge in [-0.3, -0.25) is 4.79 Å². The van der Waals surface area contributed by atoms with Gasteiger partial charge in [0, 0.05) is 12.4 Å². The fraction of sp³-hybridized carbons (Fsp3) is 0.727. The van der Waals surface area contributed by atoms with Gasteiger partial charge in [0.1, 0.15) is 12.1 Å². The summed E-state index contributed by atoms with van der Waals surface area (Å²) in [6.45, 7) is 3.37. The Hall–Kier alpha value is -1.80. The van der Waals surface area contributed by atoms with Gasteiger partial charge >= 0.3 is 18.1 Å². The summed E-state index contributed by atoms with van der Waals surface area (Å²) in [6.07, 6.45) is -6.06. The van der Waals surface area contributed by atoms with Gasteiger partial charge in [-0.25, -0.2) is 4.79 Å². The van der Waals surface area contributed by atoms with Crippen LogP contribution in [-0.4, -0.2) is 36.2 Å². The van der Waals surface area contributed by atoms with Crippen molar-refractivity contribution in [3.63, 3.8) is 0 Å². The monoisotopic (exact) mass is 298 g/mol. The highest BCUT2D eigenvalue weighted by atomic mass is 19.4. The highest BCUT2D eigenvalue weighted by molar-refractivity contribution is 5.89. The predicted molar refractivity (Wildman–Crippen MR) is 58.1 cm³/mol. The van der Waals surface area contributed by atoms with Crippen LogP contribution in [0.5, 0.6) is 0 Å². The number of ether oxygens (including phenoxy) is 1. The molecule has 0 saturated carbocycles. The third-order valence-corrected chi connectivity index (χ3v) is 2.41. The van der Waals surface area contributed by atoms with Crippen LogP contribution in [0.3, 0.4) is 0 Å². The molecule has 0 bridgehead atoms. The quantitative estimate of drug-likeness (QED) is 0.662. The zero-order valence-electron chi connectivity index (χ0n) is 11.0. The first-order valence-corrected chi connectivity index (χ1v) is 5.89. The SMILES string of the molecule is CCC(CC)OC(=O)[C@H](CC(=O)[O-])NC(=O)C(F)(F)F. The summed E-state index contributed by atoms with van der Waals surface area (Å²) in [7, 11) is 0. The molecule has 0 heterocycles. The van der Waals surface area contributed by atoms with E-state index in [0.717, 1.165) is 0 Å². The van der Waals surface area contributed by atoms with E-state index in [1.807, 2.05) is 0 Å². The number of hydrogen-bond acceptors (Lipinski definition) is 5. The van der Waals surface area contributed by atoms with Gasteiger partial charge in [-0.2, -0.15) is 13.2 Å². The summed E-state index contributed by atoms with van der Waals surface area (Å²) in [4.78, 5) is 32.7. The van der Waals surface area contributed by atoms with Gasteiger partial charge in [0.2, 0.25) is 0 Å². The molecule has 0 spiro atoms. The van der Waals surface area contributed by atoms with Crippen molar-refractivity contribution >= 4 is 17.8 Å². The standard InChI is InChI=1S/C11H16F3NO5/c1-3-6(4-2)20-9(18)7(5-8(16)17)15-10(19)11(12,13)14/h6-7H,3-5H2,1-2H3,(H,15,19)(H,16,17)/p-1/t7-/m0/s1. The molecule has 0 aliphatic carbocycles. The second kappa shape index (κ2) is 7.71. The molecule has 6 nitrogen and oxygen atoms in total. The molecule has 0 fully saturated rings. The summed E-state index contributed by atoms with van der Waals surface area (Å²) >= 11 is 0. The minimum Gasteiger partial charge on any atom is -0.550 e. The number of carbonyl (C=O) groups is 3. The second-order valence-corrected chi connectivity index (χ2v) is 3.98. The number of alkyl halides is 3. The fourth-order valence-corrected chi connectivity index (χ4v) is 1.30. The summed E-state index contributed by atoms with van der Waals surface area (Å²) in [6, 6.07) is -1.94. The predicted octanol–water partition coefficient (Wildman–Crippen LogP) is -0.0947. The first-order chi connectivity index (χ1) is 9.11. The zero-order valence-corrected chi connectivity index (χ0v) is 11.0. The average Bonchev–Trinajstić information content (AvgIpc) is 2.32. The summed E-state index contributed by atoms with van der Waals surface area (Å²) in [5.74, 6) is -5.43. The number of amides is 1. The number of nitrogens with one attached hydrogen (secondary N) is 1. The fourth-order valence-electron chi connectivity index (χ4n) is 1.30. The molecule has 0 aliphatic heterocycles. The molecule has 0 aromatic rings. The van der Waals surface area contributed by atoms with Crippen molar-refractivity contribution in [1.82, 2.24) is 5.32 Å². The molecule has 0 unspecified atom stereocenters. The lowest BCUT2D eigenvalue weighted by molar-refractivity contribution is -0.306. The van der Waals surface area contributed by atoms with E-state index in [-0.39, 0.29) is 0 Å². The average molecular weight is 298 g/mol. The van der Waals surface area contributed by atoms with Crippen LogP contribution in [0.1, 0.15) is 33.1 Å². The number of halogens is 3. The molecular weight excluding hydrogens is 283 g/mol. The second-order valence-electron chi connectivity index (χ2n) is 3.98. The van der Waals surface area contributed by atoms with Gasteiger partial charge in [-0.1, -0.05) is 13.8 Å². The van der Waals surface area contributed by atoms with Crippen LogP contribution in [0.25, 0.3) is 0 Å². The highest BCUT2D eigenvalue weighted by Gasteiger charge is 2.41. The zero-order chi connectivity index (χ0) is 15.9. The van der Waals surface area contributed by atoms with Crippen LogP contribution in [0.4, 0.5) is 13.2 Å². The maximum atomic E-state index is 12.1.